The summed E-state index contributed by atoms with van der Waals surface area (Å²) in [5.41, 5.74) is 1.09. The zero-order valence-corrected chi connectivity index (χ0v) is 10.8. The van der Waals surface area contributed by atoms with Crippen molar-refractivity contribution in [3.63, 3.8) is 0 Å². The summed E-state index contributed by atoms with van der Waals surface area (Å²) in [5.74, 6) is -2.14. The molecule has 5 nitrogen and oxygen atoms in total. The molecule has 0 aromatic heterocycles. The summed E-state index contributed by atoms with van der Waals surface area (Å²) in [6, 6.07) is 9.64. The van der Waals surface area contributed by atoms with Gasteiger partial charge in [0.2, 0.25) is 0 Å². The minimum absolute atomic E-state index is 0.0125. The molecule has 0 saturated heterocycles. The molecule has 0 bridgehead atoms. The van der Waals surface area contributed by atoms with Gasteiger partial charge in [0.15, 0.2) is 0 Å². The van der Waals surface area contributed by atoms with Crippen LogP contribution < -0.4 is 0 Å². The highest BCUT2D eigenvalue weighted by Gasteiger charge is 2.15. The van der Waals surface area contributed by atoms with Crippen molar-refractivity contribution in [2.24, 2.45) is 0 Å². The van der Waals surface area contributed by atoms with Gasteiger partial charge < -0.3 is 9.47 Å². The van der Waals surface area contributed by atoms with E-state index in [1.807, 2.05) is 30.3 Å². The van der Waals surface area contributed by atoms with E-state index in [0.717, 1.165) is 12.7 Å². The van der Waals surface area contributed by atoms with Crippen LogP contribution in [0.1, 0.15) is 18.4 Å². The molecule has 0 fully saturated rings. The minimum atomic E-state index is -1.07. The number of Topliss-reactive ketones (excluding diaryl/α,β-unsaturated/α-hetero) is 1. The zero-order valence-electron chi connectivity index (χ0n) is 10.8. The lowest BCUT2D eigenvalue weighted by molar-refractivity contribution is -0.166. The SMILES string of the molecule is COC(=O)C(=O)OCCC(=O)CCc1ccccc1. The average molecular weight is 264 g/mol. The standard InChI is InChI=1S/C14H16O5/c1-18-13(16)14(17)19-10-9-12(15)8-7-11-5-3-2-4-6-11/h2-6H,7-10H2,1H3. The molecule has 5 heteroatoms. The molecule has 0 unspecified atom stereocenters. The highest BCUT2D eigenvalue weighted by molar-refractivity contribution is 6.29. The number of carbonyl (C=O) groups excluding carboxylic acids is 3. The first-order chi connectivity index (χ1) is 9.13. The van der Waals surface area contributed by atoms with Crippen molar-refractivity contribution >= 4 is 17.7 Å². The van der Waals surface area contributed by atoms with Crippen LogP contribution in [0.15, 0.2) is 30.3 Å². The molecule has 102 valence electrons. The highest BCUT2D eigenvalue weighted by Crippen LogP contribution is 2.04. The van der Waals surface area contributed by atoms with Gasteiger partial charge in [-0.05, 0) is 12.0 Å². The molecule has 0 aliphatic carbocycles. The van der Waals surface area contributed by atoms with Gasteiger partial charge in [-0.25, -0.2) is 9.59 Å². The van der Waals surface area contributed by atoms with E-state index in [1.165, 1.54) is 0 Å². The van der Waals surface area contributed by atoms with Gasteiger partial charge in [0.05, 0.1) is 13.7 Å². The minimum Gasteiger partial charge on any atom is -0.461 e. The van der Waals surface area contributed by atoms with Crippen molar-refractivity contribution in [3.8, 4) is 0 Å². The molecule has 1 aromatic carbocycles. The fourth-order valence-corrected chi connectivity index (χ4v) is 1.45. The maximum atomic E-state index is 11.5. The van der Waals surface area contributed by atoms with E-state index in [2.05, 4.69) is 9.47 Å². The second kappa shape index (κ2) is 8.02. The van der Waals surface area contributed by atoms with E-state index < -0.39 is 11.9 Å². The molecule has 19 heavy (non-hydrogen) atoms. The number of esters is 2. The molecular weight excluding hydrogens is 248 g/mol. The molecule has 0 heterocycles. The third kappa shape index (κ3) is 5.81. The van der Waals surface area contributed by atoms with Gasteiger partial charge in [-0.2, -0.15) is 0 Å². The van der Waals surface area contributed by atoms with Gasteiger partial charge in [-0.15, -0.1) is 0 Å². The van der Waals surface area contributed by atoms with E-state index in [4.69, 9.17) is 0 Å². The normalized spacial score (nSPS) is 9.74. The van der Waals surface area contributed by atoms with Gasteiger partial charge in [-0.1, -0.05) is 30.3 Å². The number of benzene rings is 1. The maximum Gasteiger partial charge on any atom is 0.417 e. The Kier molecular flexibility index (Phi) is 6.29. The first kappa shape index (κ1) is 14.9. The Labute approximate surface area is 111 Å². The molecule has 0 amide bonds. The Morgan fingerprint density at radius 3 is 2.32 bits per heavy atom. The van der Waals surface area contributed by atoms with Crippen molar-refractivity contribution in [2.75, 3.05) is 13.7 Å². The van der Waals surface area contributed by atoms with Gasteiger partial charge in [0.1, 0.15) is 5.78 Å². The second-order valence-corrected chi connectivity index (χ2v) is 3.90. The Bertz CT molecular complexity index is 438. The lowest BCUT2D eigenvalue weighted by Gasteiger charge is -2.03. The largest absolute Gasteiger partial charge is 0.461 e. The molecule has 0 atom stereocenters. The second-order valence-electron chi connectivity index (χ2n) is 3.90. The van der Waals surface area contributed by atoms with E-state index in [1.54, 1.807) is 0 Å². The Morgan fingerprint density at radius 1 is 1.00 bits per heavy atom. The Morgan fingerprint density at radius 2 is 1.68 bits per heavy atom. The monoisotopic (exact) mass is 264 g/mol. The van der Waals surface area contributed by atoms with Crippen molar-refractivity contribution in [2.45, 2.75) is 19.3 Å². The summed E-state index contributed by atoms with van der Waals surface area (Å²) in [7, 11) is 1.09. The summed E-state index contributed by atoms with van der Waals surface area (Å²) in [6.45, 7) is -0.0957. The van der Waals surface area contributed by atoms with Crippen LogP contribution in [0.4, 0.5) is 0 Å². The first-order valence-corrected chi connectivity index (χ1v) is 5.94. The fourth-order valence-electron chi connectivity index (χ4n) is 1.45. The maximum absolute atomic E-state index is 11.5. The first-order valence-electron chi connectivity index (χ1n) is 5.94. The summed E-state index contributed by atoms with van der Waals surface area (Å²) in [4.78, 5) is 33.2. The summed E-state index contributed by atoms with van der Waals surface area (Å²) in [6.07, 6.45) is 1.15. The van der Waals surface area contributed by atoms with Gasteiger partial charge in [0.25, 0.3) is 0 Å². The van der Waals surface area contributed by atoms with Crippen molar-refractivity contribution in [1.29, 1.82) is 0 Å². The van der Waals surface area contributed by atoms with Crippen LogP contribution in [-0.4, -0.2) is 31.4 Å². The quantitative estimate of drug-likeness (QED) is 0.572. The topological polar surface area (TPSA) is 69.7 Å². The summed E-state index contributed by atoms with van der Waals surface area (Å²) in [5, 5.41) is 0. The van der Waals surface area contributed by atoms with Crippen LogP contribution in [0.2, 0.25) is 0 Å². The predicted molar refractivity (Wildman–Crippen MR) is 67.4 cm³/mol. The van der Waals surface area contributed by atoms with E-state index >= 15 is 0 Å². The van der Waals surface area contributed by atoms with Crippen molar-refractivity contribution < 1.29 is 23.9 Å². The Hall–Kier alpha value is -2.17. The van der Waals surface area contributed by atoms with Crippen LogP contribution in [0, 0.1) is 0 Å². The predicted octanol–water partition coefficient (Wildman–Crippen LogP) is 1.29. The third-order valence-corrected chi connectivity index (χ3v) is 2.50. The highest BCUT2D eigenvalue weighted by atomic mass is 16.6. The summed E-state index contributed by atoms with van der Waals surface area (Å²) < 4.78 is 8.76. The third-order valence-electron chi connectivity index (χ3n) is 2.50. The zero-order chi connectivity index (χ0) is 14.1. The number of methoxy groups -OCH3 is 1. The van der Waals surface area contributed by atoms with Gasteiger partial charge in [-0.3, -0.25) is 4.79 Å². The van der Waals surface area contributed by atoms with Crippen LogP contribution in [0.25, 0.3) is 0 Å². The van der Waals surface area contributed by atoms with Gasteiger partial charge >= 0.3 is 11.9 Å². The van der Waals surface area contributed by atoms with Crippen LogP contribution in [-0.2, 0) is 30.3 Å². The molecule has 0 spiro atoms. The average Bonchev–Trinajstić information content (AvgIpc) is 2.45. The molecule has 1 aromatic rings. The van der Waals surface area contributed by atoms with E-state index in [9.17, 15) is 14.4 Å². The fraction of sp³-hybridized carbons (Fsp3) is 0.357. The molecule has 0 aliphatic rings. The van der Waals surface area contributed by atoms with Crippen molar-refractivity contribution in [1.82, 2.24) is 0 Å². The Balaban J connectivity index is 2.18. The molecule has 0 N–H and O–H groups in total. The smallest absolute Gasteiger partial charge is 0.417 e. The molecule has 0 saturated carbocycles. The molecule has 0 radical (unpaired) electrons. The van der Waals surface area contributed by atoms with Gasteiger partial charge in [0, 0.05) is 12.8 Å². The molecule has 0 aliphatic heterocycles. The number of hydrogen-bond donors (Lipinski definition) is 0. The number of ketones is 1. The van der Waals surface area contributed by atoms with Crippen LogP contribution in [0.5, 0.6) is 0 Å². The number of rotatable bonds is 6. The van der Waals surface area contributed by atoms with Crippen molar-refractivity contribution in [3.05, 3.63) is 35.9 Å². The summed E-state index contributed by atoms with van der Waals surface area (Å²) >= 11 is 0. The lowest BCUT2D eigenvalue weighted by atomic mass is 10.1. The van der Waals surface area contributed by atoms with Crippen LogP contribution >= 0.6 is 0 Å². The number of carbonyl (C=O) groups is 3. The lowest BCUT2D eigenvalue weighted by Crippen LogP contribution is -2.20. The number of ether oxygens (including phenoxy) is 2. The number of hydrogen-bond acceptors (Lipinski definition) is 5. The molecule has 1 rings (SSSR count). The number of aryl methyl sites for hydroxylation is 1. The van der Waals surface area contributed by atoms with E-state index in [0.29, 0.717) is 12.8 Å². The van der Waals surface area contributed by atoms with E-state index in [-0.39, 0.29) is 18.8 Å². The molecular formula is C14H16O5. The van der Waals surface area contributed by atoms with Crippen LogP contribution in [0.3, 0.4) is 0 Å².